The molecule has 0 aliphatic rings. The van der Waals surface area contributed by atoms with E-state index < -0.39 is 0 Å². The van der Waals surface area contributed by atoms with Gasteiger partial charge < -0.3 is 10.5 Å². The maximum atomic E-state index is 6.05. The number of aromatic nitrogens is 2. The Morgan fingerprint density at radius 2 is 2.00 bits per heavy atom. The highest BCUT2D eigenvalue weighted by molar-refractivity contribution is 14.1. The van der Waals surface area contributed by atoms with E-state index in [1.54, 1.807) is 7.11 Å². The summed E-state index contributed by atoms with van der Waals surface area (Å²) in [5, 5.41) is 0. The summed E-state index contributed by atoms with van der Waals surface area (Å²) in [7, 11) is 1.63. The second-order valence-corrected chi connectivity index (χ2v) is 5.36. The lowest BCUT2D eigenvalue weighted by atomic mass is 10.2. The number of hydrogen-bond donors (Lipinski definition) is 1. The summed E-state index contributed by atoms with van der Waals surface area (Å²) in [6.07, 6.45) is 0. The number of hydrogen-bond acceptors (Lipinski definition) is 3. The Bertz CT molecular complexity index is 752. The zero-order valence-corrected chi connectivity index (χ0v) is 12.5. The summed E-state index contributed by atoms with van der Waals surface area (Å²) in [5.41, 5.74) is 8.78. The molecular formula is C14H12IN3O. The lowest BCUT2D eigenvalue weighted by Gasteiger charge is -2.07. The minimum Gasteiger partial charge on any atom is -0.494 e. The second-order valence-electron chi connectivity index (χ2n) is 4.11. The van der Waals surface area contributed by atoms with Gasteiger partial charge in [-0.1, -0.05) is 12.1 Å². The van der Waals surface area contributed by atoms with Gasteiger partial charge in [-0.3, -0.25) is 4.57 Å². The van der Waals surface area contributed by atoms with Gasteiger partial charge in [0.2, 0.25) is 5.95 Å². The monoisotopic (exact) mass is 365 g/mol. The van der Waals surface area contributed by atoms with Gasteiger partial charge in [0.05, 0.1) is 18.3 Å². The third-order valence-electron chi connectivity index (χ3n) is 2.96. The molecule has 0 spiro atoms. The van der Waals surface area contributed by atoms with Crippen molar-refractivity contribution in [3.63, 3.8) is 0 Å². The highest BCUT2D eigenvalue weighted by atomic mass is 127. The minimum atomic E-state index is 0.460. The molecule has 0 saturated heterocycles. The molecular weight excluding hydrogens is 353 g/mol. The summed E-state index contributed by atoms with van der Waals surface area (Å²) in [6.45, 7) is 0. The predicted octanol–water partition coefficient (Wildman–Crippen LogP) is 3.22. The molecule has 0 aliphatic heterocycles. The number of rotatable bonds is 2. The Morgan fingerprint density at radius 1 is 1.21 bits per heavy atom. The molecule has 1 heterocycles. The zero-order valence-electron chi connectivity index (χ0n) is 10.3. The van der Waals surface area contributed by atoms with Gasteiger partial charge in [-0.2, -0.15) is 0 Å². The maximum Gasteiger partial charge on any atom is 0.206 e. The lowest BCUT2D eigenvalue weighted by molar-refractivity contribution is 0.419. The van der Waals surface area contributed by atoms with Crippen molar-refractivity contribution in [2.45, 2.75) is 0 Å². The Kier molecular flexibility index (Phi) is 3.06. The number of para-hydroxylation sites is 1. The summed E-state index contributed by atoms with van der Waals surface area (Å²) in [4.78, 5) is 4.40. The molecule has 2 N–H and O–H groups in total. The fourth-order valence-electron chi connectivity index (χ4n) is 2.14. The summed E-state index contributed by atoms with van der Waals surface area (Å²) >= 11 is 2.28. The molecule has 4 nitrogen and oxygen atoms in total. The van der Waals surface area contributed by atoms with Crippen LogP contribution in [-0.4, -0.2) is 16.7 Å². The van der Waals surface area contributed by atoms with Gasteiger partial charge in [0.25, 0.3) is 0 Å². The first-order chi connectivity index (χ1) is 9.20. The number of fused-ring (bicyclic) bond motifs is 1. The largest absolute Gasteiger partial charge is 0.494 e. The third kappa shape index (κ3) is 2.03. The topological polar surface area (TPSA) is 53.1 Å². The molecule has 3 aromatic rings. The molecule has 1 aromatic heterocycles. The van der Waals surface area contributed by atoms with Crippen molar-refractivity contribution in [2.24, 2.45) is 0 Å². The Hall–Kier alpha value is -1.76. The molecule has 96 valence electrons. The van der Waals surface area contributed by atoms with Gasteiger partial charge in [-0.25, -0.2) is 4.98 Å². The van der Waals surface area contributed by atoms with E-state index in [1.165, 1.54) is 0 Å². The molecule has 19 heavy (non-hydrogen) atoms. The number of nitrogen functional groups attached to an aromatic ring is 1. The number of halogens is 1. The second kappa shape index (κ2) is 4.73. The molecule has 0 radical (unpaired) electrons. The molecule has 5 heteroatoms. The van der Waals surface area contributed by atoms with E-state index in [-0.39, 0.29) is 0 Å². The predicted molar refractivity (Wildman–Crippen MR) is 84.8 cm³/mol. The Labute approximate surface area is 124 Å². The van der Waals surface area contributed by atoms with Crippen LogP contribution in [0.4, 0.5) is 5.95 Å². The molecule has 0 unspecified atom stereocenters. The van der Waals surface area contributed by atoms with Gasteiger partial charge in [-0.05, 0) is 52.9 Å². The Balaban J connectivity index is 2.32. The van der Waals surface area contributed by atoms with E-state index in [9.17, 15) is 0 Å². The van der Waals surface area contributed by atoms with Crippen molar-refractivity contribution in [3.8, 4) is 11.4 Å². The van der Waals surface area contributed by atoms with Crippen molar-refractivity contribution in [2.75, 3.05) is 12.8 Å². The van der Waals surface area contributed by atoms with Gasteiger partial charge in [0.1, 0.15) is 11.3 Å². The van der Waals surface area contributed by atoms with Gasteiger partial charge in [-0.15, -0.1) is 0 Å². The smallest absolute Gasteiger partial charge is 0.206 e. The van der Waals surface area contributed by atoms with Crippen LogP contribution in [0.2, 0.25) is 0 Å². The van der Waals surface area contributed by atoms with Gasteiger partial charge in [0.15, 0.2) is 0 Å². The van der Waals surface area contributed by atoms with Crippen molar-refractivity contribution in [3.05, 3.63) is 46.0 Å². The molecule has 0 aliphatic carbocycles. The fraction of sp³-hybridized carbons (Fsp3) is 0.0714. The highest BCUT2D eigenvalue weighted by Crippen LogP contribution is 2.29. The summed E-state index contributed by atoms with van der Waals surface area (Å²) < 4.78 is 8.41. The average Bonchev–Trinajstić information content (AvgIpc) is 2.74. The van der Waals surface area contributed by atoms with E-state index in [0.29, 0.717) is 5.95 Å². The number of nitrogens with zero attached hydrogens (tertiary/aromatic N) is 2. The molecule has 0 bridgehead atoms. The zero-order chi connectivity index (χ0) is 13.4. The van der Waals surface area contributed by atoms with Crippen LogP contribution in [0.1, 0.15) is 0 Å². The van der Waals surface area contributed by atoms with Crippen molar-refractivity contribution >= 4 is 39.6 Å². The minimum absolute atomic E-state index is 0.460. The van der Waals surface area contributed by atoms with Crippen LogP contribution in [0.25, 0.3) is 16.7 Å². The lowest BCUT2D eigenvalue weighted by Crippen LogP contribution is -2.00. The molecule has 0 atom stereocenters. The first kappa shape index (κ1) is 12.3. The summed E-state index contributed by atoms with van der Waals surface area (Å²) in [6, 6.07) is 13.9. The number of ether oxygens (including phenoxy) is 1. The van der Waals surface area contributed by atoms with Crippen LogP contribution in [0.15, 0.2) is 42.5 Å². The van der Waals surface area contributed by atoms with Crippen LogP contribution in [0, 0.1) is 3.57 Å². The van der Waals surface area contributed by atoms with Crippen LogP contribution < -0.4 is 10.5 Å². The van der Waals surface area contributed by atoms with E-state index in [0.717, 1.165) is 26.0 Å². The van der Waals surface area contributed by atoms with Gasteiger partial charge >= 0.3 is 0 Å². The number of methoxy groups -OCH3 is 1. The van der Waals surface area contributed by atoms with E-state index in [4.69, 9.17) is 10.5 Å². The average molecular weight is 365 g/mol. The first-order valence-electron chi connectivity index (χ1n) is 5.77. The number of imidazole rings is 1. The standard InChI is InChI=1S/C14H12IN3O/c1-19-12-7-3-6-11-13(12)17-14(16)18(11)10-5-2-4-9(15)8-10/h2-8H,1H3,(H2,16,17). The van der Waals surface area contributed by atoms with E-state index in [1.807, 2.05) is 41.0 Å². The molecule has 0 amide bonds. The van der Waals surface area contributed by atoms with Crippen molar-refractivity contribution in [1.29, 1.82) is 0 Å². The number of benzene rings is 2. The normalized spacial score (nSPS) is 10.8. The summed E-state index contributed by atoms with van der Waals surface area (Å²) in [5.74, 6) is 1.19. The number of nitrogens with two attached hydrogens (primary N) is 1. The van der Waals surface area contributed by atoms with Crippen LogP contribution >= 0.6 is 22.6 Å². The molecule has 2 aromatic carbocycles. The van der Waals surface area contributed by atoms with E-state index >= 15 is 0 Å². The third-order valence-corrected chi connectivity index (χ3v) is 3.63. The van der Waals surface area contributed by atoms with Crippen molar-refractivity contribution in [1.82, 2.24) is 9.55 Å². The van der Waals surface area contributed by atoms with Crippen LogP contribution in [0.5, 0.6) is 5.75 Å². The van der Waals surface area contributed by atoms with Gasteiger partial charge in [0, 0.05) is 3.57 Å². The van der Waals surface area contributed by atoms with Crippen LogP contribution in [-0.2, 0) is 0 Å². The van der Waals surface area contributed by atoms with E-state index in [2.05, 4.69) is 33.6 Å². The molecule has 0 fully saturated rings. The molecule has 3 rings (SSSR count). The van der Waals surface area contributed by atoms with Crippen LogP contribution in [0.3, 0.4) is 0 Å². The maximum absolute atomic E-state index is 6.05. The fourth-order valence-corrected chi connectivity index (χ4v) is 2.67. The number of anilines is 1. The highest BCUT2D eigenvalue weighted by Gasteiger charge is 2.13. The SMILES string of the molecule is COc1cccc2c1nc(N)n2-c1cccc(I)c1. The van der Waals surface area contributed by atoms with Crippen molar-refractivity contribution < 1.29 is 4.74 Å². The quantitative estimate of drug-likeness (QED) is 0.710. The molecule has 0 saturated carbocycles. The first-order valence-corrected chi connectivity index (χ1v) is 6.85. The Morgan fingerprint density at radius 3 is 2.74 bits per heavy atom.